The van der Waals surface area contributed by atoms with Crippen LogP contribution in [0.15, 0.2) is 28.7 Å². The van der Waals surface area contributed by atoms with Crippen LogP contribution in [0.4, 0.5) is 5.13 Å². The first-order valence-electron chi connectivity index (χ1n) is 10.7. The highest BCUT2D eigenvalue weighted by Gasteiger charge is 2.14. The van der Waals surface area contributed by atoms with E-state index in [2.05, 4.69) is 37.1 Å². The van der Waals surface area contributed by atoms with E-state index in [1.54, 1.807) is 35.6 Å². The maximum absolute atomic E-state index is 12.3. The Morgan fingerprint density at radius 2 is 1.57 bits per heavy atom. The molecule has 8 heteroatoms. The fraction of sp³-hybridized carbons (Fsp3) is 0.500. The van der Waals surface area contributed by atoms with E-state index < -0.39 is 0 Å². The summed E-state index contributed by atoms with van der Waals surface area (Å²) in [6, 6.07) is 7.01. The van der Waals surface area contributed by atoms with Crippen molar-refractivity contribution in [2.24, 2.45) is 0 Å². The van der Waals surface area contributed by atoms with Gasteiger partial charge in [0.05, 0.1) is 12.2 Å². The van der Waals surface area contributed by atoms with Crippen LogP contribution in [0.25, 0.3) is 0 Å². The first-order chi connectivity index (χ1) is 14.6. The molecule has 6 nitrogen and oxygen atoms in total. The number of anilines is 1. The molecule has 1 aliphatic carbocycles. The van der Waals surface area contributed by atoms with Crippen LogP contribution >= 0.6 is 27.3 Å². The van der Waals surface area contributed by atoms with Gasteiger partial charge in [-0.15, -0.1) is 11.3 Å². The Hall–Kier alpha value is -1.77. The Morgan fingerprint density at radius 1 is 0.933 bits per heavy atom. The fourth-order valence-electron chi connectivity index (χ4n) is 3.51. The van der Waals surface area contributed by atoms with E-state index in [1.807, 2.05) is 0 Å². The van der Waals surface area contributed by atoms with Crippen molar-refractivity contribution in [3.05, 3.63) is 44.9 Å². The minimum absolute atomic E-state index is 0.0213. The Kier molecular flexibility index (Phi) is 9.29. The molecule has 1 aromatic heterocycles. The molecule has 3 N–H and O–H groups in total. The lowest BCUT2D eigenvalue weighted by molar-refractivity contribution is -0.115. The van der Waals surface area contributed by atoms with Crippen LogP contribution in [0.3, 0.4) is 0 Å². The highest BCUT2D eigenvalue weighted by molar-refractivity contribution is 9.10. The van der Waals surface area contributed by atoms with Crippen LogP contribution in [0, 0.1) is 0 Å². The molecule has 0 saturated carbocycles. The monoisotopic (exact) mass is 492 g/mol. The second kappa shape index (κ2) is 12.2. The number of aromatic nitrogens is 1. The summed E-state index contributed by atoms with van der Waals surface area (Å²) in [4.78, 5) is 30.3. The molecule has 0 unspecified atom stereocenters. The van der Waals surface area contributed by atoms with E-state index in [0.29, 0.717) is 10.7 Å². The van der Waals surface area contributed by atoms with Gasteiger partial charge in [-0.2, -0.15) is 0 Å². The molecule has 0 bridgehead atoms. The number of carbonyl (C=O) groups is 2. The zero-order valence-corrected chi connectivity index (χ0v) is 19.5. The summed E-state index contributed by atoms with van der Waals surface area (Å²) in [5, 5.41) is 3.52. The molecule has 2 amide bonds. The minimum Gasteiger partial charge on any atom is -0.301 e. The Labute approximate surface area is 190 Å². The minimum atomic E-state index is -0.286. The second-order valence-electron chi connectivity index (χ2n) is 7.58. The molecule has 1 aliphatic rings. The summed E-state index contributed by atoms with van der Waals surface area (Å²) in [6.45, 7) is -0.0213. The number of hydrazine groups is 1. The van der Waals surface area contributed by atoms with Crippen molar-refractivity contribution in [3.8, 4) is 0 Å². The first kappa shape index (κ1) is 22.9. The highest BCUT2D eigenvalue weighted by atomic mass is 79.9. The molecule has 0 spiro atoms. The number of hydrogen-bond acceptors (Lipinski definition) is 5. The van der Waals surface area contributed by atoms with E-state index in [4.69, 9.17) is 0 Å². The summed E-state index contributed by atoms with van der Waals surface area (Å²) in [6.07, 6.45) is 12.2. The lowest BCUT2D eigenvalue weighted by Crippen LogP contribution is -2.42. The van der Waals surface area contributed by atoms with Crippen molar-refractivity contribution in [3.63, 3.8) is 0 Å². The number of thiazole rings is 1. The van der Waals surface area contributed by atoms with E-state index in [0.717, 1.165) is 29.4 Å². The average molecular weight is 493 g/mol. The van der Waals surface area contributed by atoms with Gasteiger partial charge < -0.3 is 5.32 Å². The fourth-order valence-corrected chi connectivity index (χ4v) is 4.84. The molecule has 1 aromatic carbocycles. The third-order valence-corrected chi connectivity index (χ3v) is 6.75. The molecule has 0 radical (unpaired) electrons. The number of nitrogens with one attached hydrogen (secondary N) is 3. The number of hydrogen-bond donors (Lipinski definition) is 3. The van der Waals surface area contributed by atoms with Crippen molar-refractivity contribution in [2.45, 2.75) is 64.2 Å². The lowest BCUT2D eigenvalue weighted by atomic mass is 10.0. The van der Waals surface area contributed by atoms with E-state index >= 15 is 0 Å². The predicted octanol–water partition coefficient (Wildman–Crippen LogP) is 5.00. The molecule has 0 aliphatic heterocycles. The normalized spacial score (nSPS) is 15.4. The van der Waals surface area contributed by atoms with Gasteiger partial charge in [0, 0.05) is 14.9 Å². The Morgan fingerprint density at radius 3 is 2.27 bits per heavy atom. The van der Waals surface area contributed by atoms with Gasteiger partial charge in [-0.3, -0.25) is 15.0 Å². The van der Waals surface area contributed by atoms with Gasteiger partial charge in [0.2, 0.25) is 5.91 Å². The van der Waals surface area contributed by atoms with Gasteiger partial charge in [0.25, 0.3) is 5.91 Å². The van der Waals surface area contributed by atoms with Crippen molar-refractivity contribution in [2.75, 3.05) is 11.9 Å². The number of amides is 2. The Balaban J connectivity index is 1.48. The van der Waals surface area contributed by atoms with Crippen molar-refractivity contribution < 1.29 is 9.59 Å². The number of nitrogens with zero attached hydrogens (tertiary/aromatic N) is 1. The van der Waals surface area contributed by atoms with E-state index in [1.165, 1.54) is 49.8 Å². The van der Waals surface area contributed by atoms with E-state index in [-0.39, 0.29) is 18.4 Å². The largest absolute Gasteiger partial charge is 0.301 e. The number of benzene rings is 1. The second-order valence-corrected chi connectivity index (χ2v) is 9.58. The van der Waals surface area contributed by atoms with Crippen molar-refractivity contribution in [1.29, 1.82) is 0 Å². The SMILES string of the molecule is O=C(CNNC(=O)c1ccc(Br)cc1)Nc1nc2c(s1)CCCCCCCCCC2. The molecular formula is C22H29BrN4O2S. The van der Waals surface area contributed by atoms with Crippen LogP contribution in [0.1, 0.15) is 72.3 Å². The van der Waals surface area contributed by atoms with Gasteiger partial charge in [-0.25, -0.2) is 10.4 Å². The predicted molar refractivity (Wildman–Crippen MR) is 125 cm³/mol. The van der Waals surface area contributed by atoms with Gasteiger partial charge in [0.1, 0.15) is 0 Å². The lowest BCUT2D eigenvalue weighted by Gasteiger charge is -2.07. The van der Waals surface area contributed by atoms with Crippen LogP contribution in [-0.4, -0.2) is 23.3 Å². The number of fused-ring (bicyclic) bond motifs is 1. The molecule has 162 valence electrons. The number of halogens is 1. The van der Waals surface area contributed by atoms with Crippen LogP contribution in [0.2, 0.25) is 0 Å². The molecule has 30 heavy (non-hydrogen) atoms. The smallest absolute Gasteiger partial charge is 0.265 e. The third kappa shape index (κ3) is 7.49. The van der Waals surface area contributed by atoms with Crippen molar-refractivity contribution in [1.82, 2.24) is 15.8 Å². The van der Waals surface area contributed by atoms with Crippen LogP contribution < -0.4 is 16.2 Å². The molecule has 3 rings (SSSR count). The molecule has 2 aromatic rings. The maximum atomic E-state index is 12.3. The maximum Gasteiger partial charge on any atom is 0.265 e. The number of rotatable bonds is 5. The molecule has 0 fully saturated rings. The Bertz CT molecular complexity index is 809. The van der Waals surface area contributed by atoms with Crippen LogP contribution in [-0.2, 0) is 17.6 Å². The molecular weight excluding hydrogens is 464 g/mol. The molecule has 1 heterocycles. The topological polar surface area (TPSA) is 83.1 Å². The summed E-state index contributed by atoms with van der Waals surface area (Å²) >= 11 is 4.93. The molecule has 0 saturated heterocycles. The number of aryl methyl sites for hydroxylation is 2. The summed E-state index contributed by atoms with van der Waals surface area (Å²) in [7, 11) is 0. The van der Waals surface area contributed by atoms with Gasteiger partial charge >= 0.3 is 0 Å². The third-order valence-electron chi connectivity index (χ3n) is 5.15. The average Bonchev–Trinajstić information content (AvgIpc) is 3.09. The quantitative estimate of drug-likeness (QED) is 0.512. The zero-order chi connectivity index (χ0) is 21.2. The van der Waals surface area contributed by atoms with Gasteiger partial charge in [-0.05, 0) is 49.9 Å². The van der Waals surface area contributed by atoms with Gasteiger partial charge in [0.15, 0.2) is 5.13 Å². The summed E-state index contributed by atoms with van der Waals surface area (Å²) < 4.78 is 0.904. The molecule has 0 atom stereocenters. The van der Waals surface area contributed by atoms with Gasteiger partial charge in [-0.1, -0.05) is 54.5 Å². The van der Waals surface area contributed by atoms with Crippen LogP contribution in [0.5, 0.6) is 0 Å². The summed E-state index contributed by atoms with van der Waals surface area (Å²) in [5.41, 5.74) is 6.89. The zero-order valence-electron chi connectivity index (χ0n) is 17.1. The standard InChI is InChI=1S/C22H29BrN4O2S/c23-17-13-11-16(12-14-17)21(29)27-24-15-20(28)26-22-25-18-9-7-5-3-1-2-4-6-8-10-19(18)30-22/h11-14,24H,1-10,15H2,(H,27,29)(H,25,26,28). The van der Waals surface area contributed by atoms with E-state index in [9.17, 15) is 9.59 Å². The van der Waals surface area contributed by atoms with Crippen molar-refractivity contribution >= 4 is 44.2 Å². The summed E-state index contributed by atoms with van der Waals surface area (Å²) in [5.74, 6) is -0.512. The number of carbonyl (C=O) groups excluding carboxylic acids is 2. The first-order valence-corrected chi connectivity index (χ1v) is 12.3. The highest BCUT2D eigenvalue weighted by Crippen LogP contribution is 2.27.